The molecule has 2 aromatic carbocycles. The summed E-state index contributed by atoms with van der Waals surface area (Å²) >= 11 is 0. The minimum atomic E-state index is 0.250. The maximum Gasteiger partial charge on any atom is 0.204 e. The average Bonchev–Trinajstić information content (AvgIpc) is 2.63. The van der Waals surface area contributed by atoms with Crippen molar-refractivity contribution < 1.29 is 4.79 Å². The van der Waals surface area contributed by atoms with E-state index in [2.05, 4.69) is 79.4 Å². The van der Waals surface area contributed by atoms with Crippen molar-refractivity contribution >= 4 is 12.5 Å². The van der Waals surface area contributed by atoms with Gasteiger partial charge in [-0.05, 0) is 53.1 Å². The summed E-state index contributed by atoms with van der Waals surface area (Å²) in [6.07, 6.45) is 7.00. The Balaban J connectivity index is 0.000000471. The van der Waals surface area contributed by atoms with E-state index < -0.39 is 0 Å². The summed E-state index contributed by atoms with van der Waals surface area (Å²) in [5.41, 5.74) is 10.7. The number of nitrogens with two attached hydrogens (primary N) is 1. The second-order valence-corrected chi connectivity index (χ2v) is 8.76. The van der Waals surface area contributed by atoms with E-state index in [1.54, 1.807) is 11.1 Å². The van der Waals surface area contributed by atoms with E-state index in [9.17, 15) is 0 Å². The van der Waals surface area contributed by atoms with E-state index in [1.165, 1.54) is 24.8 Å². The van der Waals surface area contributed by atoms with Gasteiger partial charge in [-0.25, -0.2) is 0 Å². The van der Waals surface area contributed by atoms with Gasteiger partial charge in [-0.3, -0.25) is 4.79 Å². The molecule has 0 radical (unpaired) electrons. The monoisotopic (exact) mass is 343 g/mol. The Morgan fingerprint density at radius 3 is 2.12 bits per heavy atom. The Bertz CT molecular complexity index is 879. The van der Waals surface area contributed by atoms with Gasteiger partial charge in [0.15, 0.2) is 0 Å². The zero-order chi connectivity index (χ0) is 18.0. The number of carbonyl (C=O) groups is 1. The molecule has 2 aromatic rings. The van der Waals surface area contributed by atoms with Crippen LogP contribution in [-0.4, -0.2) is 6.41 Å². The summed E-state index contributed by atoms with van der Waals surface area (Å²) in [6.45, 7) is 2.57. The van der Waals surface area contributed by atoms with E-state index >= 15 is 0 Å². The lowest BCUT2D eigenvalue weighted by Crippen LogP contribution is -2.92. The number of rotatable bonds is 2. The SMILES string of the molecule is CC12CC3/C(=C/c4ccccc4)C4CC(c5ccccc5)(C1)C342.NC=O. The molecule has 6 rings (SSSR count). The molecule has 26 heavy (non-hydrogen) atoms. The lowest BCUT2D eigenvalue weighted by molar-refractivity contribution is -0.407. The largest absolute Gasteiger partial charge is 0.372 e. The number of benzene rings is 2. The van der Waals surface area contributed by atoms with Crippen molar-refractivity contribution in [2.75, 3.05) is 0 Å². The smallest absolute Gasteiger partial charge is 0.204 e. The third kappa shape index (κ3) is 1.53. The maximum atomic E-state index is 8.58. The molecule has 1 amide bonds. The molecule has 4 saturated carbocycles. The van der Waals surface area contributed by atoms with E-state index in [0.717, 1.165) is 11.8 Å². The molecule has 0 aromatic heterocycles. The summed E-state index contributed by atoms with van der Waals surface area (Å²) in [7, 11) is 0. The van der Waals surface area contributed by atoms with Crippen LogP contribution in [0.1, 0.15) is 37.3 Å². The average molecular weight is 343 g/mol. The first-order valence-corrected chi connectivity index (χ1v) is 9.60. The Morgan fingerprint density at radius 2 is 1.54 bits per heavy atom. The van der Waals surface area contributed by atoms with Gasteiger partial charge >= 0.3 is 0 Å². The highest BCUT2D eigenvalue weighted by atomic mass is 16.1. The molecule has 5 unspecified atom stereocenters. The van der Waals surface area contributed by atoms with Crippen LogP contribution in [0.2, 0.25) is 0 Å². The van der Waals surface area contributed by atoms with Crippen molar-refractivity contribution in [3.8, 4) is 0 Å². The minimum Gasteiger partial charge on any atom is -0.372 e. The first-order chi connectivity index (χ1) is 12.6. The summed E-state index contributed by atoms with van der Waals surface area (Å²) in [4.78, 5) is 8.58. The predicted molar refractivity (Wildman–Crippen MR) is 104 cm³/mol. The lowest BCUT2D eigenvalue weighted by Gasteiger charge is -2.96. The quantitative estimate of drug-likeness (QED) is 0.798. The molecule has 4 aliphatic carbocycles. The highest BCUT2D eigenvalue weighted by molar-refractivity contribution is 5.67. The summed E-state index contributed by atoms with van der Waals surface area (Å²) in [5, 5.41) is 0. The van der Waals surface area contributed by atoms with E-state index in [-0.39, 0.29) is 6.41 Å². The third-order valence-electron chi connectivity index (χ3n) is 8.05. The summed E-state index contributed by atoms with van der Waals surface area (Å²) in [6, 6.07) is 22.3. The van der Waals surface area contributed by atoms with Gasteiger partial charge in [0.1, 0.15) is 0 Å². The number of hydrogen-bond acceptors (Lipinski definition) is 1. The molecule has 132 valence electrons. The Hall–Kier alpha value is -2.35. The van der Waals surface area contributed by atoms with E-state index in [0.29, 0.717) is 16.2 Å². The first kappa shape index (κ1) is 15.9. The number of amides is 1. The van der Waals surface area contributed by atoms with Crippen LogP contribution in [0.15, 0.2) is 66.2 Å². The number of hydrogen-bond donors (Lipinski definition) is 1. The molecule has 0 heterocycles. The fourth-order valence-corrected chi connectivity index (χ4v) is 7.59. The Labute approximate surface area is 155 Å². The van der Waals surface area contributed by atoms with Crippen LogP contribution < -0.4 is 5.73 Å². The highest BCUT2D eigenvalue weighted by Gasteiger charge is 2.93. The molecular weight excluding hydrogens is 318 g/mol. The van der Waals surface area contributed by atoms with Gasteiger partial charge in [-0.15, -0.1) is 0 Å². The van der Waals surface area contributed by atoms with Crippen molar-refractivity contribution in [2.45, 2.75) is 31.6 Å². The Morgan fingerprint density at radius 1 is 0.962 bits per heavy atom. The van der Waals surface area contributed by atoms with Gasteiger partial charge in [0.25, 0.3) is 0 Å². The van der Waals surface area contributed by atoms with Crippen LogP contribution in [0.25, 0.3) is 6.08 Å². The van der Waals surface area contributed by atoms with Crippen LogP contribution in [0.5, 0.6) is 0 Å². The molecule has 1 spiro atoms. The van der Waals surface area contributed by atoms with Gasteiger partial charge in [0, 0.05) is 5.41 Å². The number of carbonyl (C=O) groups excluding carboxylic acids is 1. The second-order valence-electron chi connectivity index (χ2n) is 8.76. The van der Waals surface area contributed by atoms with Gasteiger partial charge in [-0.1, -0.05) is 79.2 Å². The topological polar surface area (TPSA) is 43.1 Å². The van der Waals surface area contributed by atoms with Gasteiger partial charge < -0.3 is 5.73 Å². The van der Waals surface area contributed by atoms with Gasteiger partial charge in [0.05, 0.1) is 0 Å². The van der Waals surface area contributed by atoms with E-state index in [4.69, 9.17) is 4.79 Å². The zero-order valence-electron chi connectivity index (χ0n) is 15.2. The molecule has 2 nitrogen and oxygen atoms in total. The number of allylic oxidation sites excluding steroid dienone is 1. The maximum absolute atomic E-state index is 8.58. The van der Waals surface area contributed by atoms with Crippen LogP contribution >= 0.6 is 0 Å². The second kappa shape index (κ2) is 5.09. The molecule has 0 bridgehead atoms. The van der Waals surface area contributed by atoms with Crippen molar-refractivity contribution in [2.24, 2.45) is 28.4 Å². The summed E-state index contributed by atoms with van der Waals surface area (Å²) < 4.78 is 0. The predicted octanol–water partition coefficient (Wildman–Crippen LogP) is 4.56. The molecule has 4 fully saturated rings. The normalized spacial score (nSPS) is 41.7. The first-order valence-electron chi connectivity index (χ1n) is 9.60. The van der Waals surface area contributed by atoms with E-state index in [1.807, 2.05) is 0 Å². The molecular formula is C24H25NO. The molecule has 4 aliphatic rings. The van der Waals surface area contributed by atoms with Crippen LogP contribution in [-0.2, 0) is 10.2 Å². The van der Waals surface area contributed by atoms with Crippen LogP contribution in [0.4, 0.5) is 0 Å². The van der Waals surface area contributed by atoms with Gasteiger partial charge in [0.2, 0.25) is 6.41 Å². The van der Waals surface area contributed by atoms with Crippen molar-refractivity contribution in [1.29, 1.82) is 0 Å². The van der Waals surface area contributed by atoms with Gasteiger partial charge in [-0.2, -0.15) is 0 Å². The highest BCUT2D eigenvalue weighted by Crippen LogP contribution is 2.98. The van der Waals surface area contributed by atoms with Crippen molar-refractivity contribution in [3.05, 3.63) is 77.4 Å². The molecule has 0 aliphatic heterocycles. The van der Waals surface area contributed by atoms with Crippen LogP contribution in [0.3, 0.4) is 0 Å². The fraction of sp³-hybridized carbons (Fsp3) is 0.375. The molecule has 2 heteroatoms. The molecule has 2 N–H and O–H groups in total. The van der Waals surface area contributed by atoms with Crippen molar-refractivity contribution in [1.82, 2.24) is 0 Å². The lowest BCUT2D eigenvalue weighted by atomic mass is 9.07. The molecule has 5 atom stereocenters. The molecule has 0 saturated heterocycles. The Kier molecular flexibility index (Phi) is 3.11. The third-order valence-corrected chi connectivity index (χ3v) is 8.05. The standard InChI is InChI=1S/C23H22.CH3NO/c1-21-13-19-18(12-16-8-4-2-5-9-16)20-14-22(15-21,23(19,20)21)17-10-6-3-7-11-17;2-1-3/h2-12,19-20H,13-15H2,1H3;1H,(H2,2,3)/b18-12-;. The summed E-state index contributed by atoms with van der Waals surface area (Å²) in [5.74, 6) is 1.72. The zero-order valence-corrected chi connectivity index (χ0v) is 15.2. The van der Waals surface area contributed by atoms with Crippen LogP contribution in [0, 0.1) is 22.7 Å². The van der Waals surface area contributed by atoms with Crippen molar-refractivity contribution in [3.63, 3.8) is 0 Å². The number of primary amides is 1. The fourth-order valence-electron chi connectivity index (χ4n) is 7.59. The minimum absolute atomic E-state index is 0.250.